The van der Waals surface area contributed by atoms with Crippen molar-refractivity contribution in [2.45, 2.75) is 0 Å². The van der Waals surface area contributed by atoms with E-state index in [4.69, 9.17) is 16.3 Å². The number of nitrogens with one attached hydrogen (secondary N) is 1. The van der Waals surface area contributed by atoms with Gasteiger partial charge in [0.15, 0.2) is 0 Å². The number of nitrogens with zero attached hydrogens (tertiary/aromatic N) is 1. The van der Waals surface area contributed by atoms with Crippen molar-refractivity contribution in [2.24, 2.45) is 0 Å². The molecular formula is C16H13ClN2O2. The van der Waals surface area contributed by atoms with E-state index in [-0.39, 0.29) is 5.75 Å². The standard InChI is InChI=1S/C16H13ClN2O2/c1-21-16-5-3-2-4-11(16)13-9-14(19-18-13)12-8-10(17)6-7-15(12)20/h2-9,20H,1H3,(H,18,19). The molecule has 0 aliphatic carbocycles. The number of phenols is 1. The zero-order valence-corrected chi connectivity index (χ0v) is 12.1. The molecule has 0 aliphatic rings. The number of halogens is 1. The number of phenolic OH excluding ortho intramolecular Hbond substituents is 1. The first-order valence-electron chi connectivity index (χ1n) is 6.36. The Balaban J connectivity index is 2.06. The van der Waals surface area contributed by atoms with E-state index in [2.05, 4.69) is 10.2 Å². The van der Waals surface area contributed by atoms with Crippen LogP contribution in [-0.4, -0.2) is 22.4 Å². The van der Waals surface area contributed by atoms with Crippen molar-refractivity contribution < 1.29 is 9.84 Å². The summed E-state index contributed by atoms with van der Waals surface area (Å²) in [6, 6.07) is 14.4. The Bertz CT molecular complexity index is 783. The van der Waals surface area contributed by atoms with Gasteiger partial charge in [-0.3, -0.25) is 5.10 Å². The normalized spacial score (nSPS) is 10.6. The van der Waals surface area contributed by atoms with Crippen LogP contribution in [0.15, 0.2) is 48.5 Å². The molecule has 0 saturated carbocycles. The third-order valence-electron chi connectivity index (χ3n) is 3.21. The van der Waals surface area contributed by atoms with Gasteiger partial charge in [0, 0.05) is 16.1 Å². The third-order valence-corrected chi connectivity index (χ3v) is 3.44. The molecule has 0 fully saturated rings. The molecule has 3 rings (SSSR count). The maximum atomic E-state index is 9.93. The van der Waals surface area contributed by atoms with Crippen LogP contribution in [-0.2, 0) is 0 Å². The number of H-pyrrole nitrogens is 1. The van der Waals surface area contributed by atoms with Crippen molar-refractivity contribution in [1.82, 2.24) is 10.2 Å². The highest BCUT2D eigenvalue weighted by Crippen LogP contribution is 2.34. The number of benzene rings is 2. The maximum Gasteiger partial charge on any atom is 0.128 e. The summed E-state index contributed by atoms with van der Waals surface area (Å²) in [5.41, 5.74) is 2.91. The molecule has 0 bridgehead atoms. The number of para-hydroxylation sites is 1. The fourth-order valence-corrected chi connectivity index (χ4v) is 2.35. The van der Waals surface area contributed by atoms with Gasteiger partial charge in [-0.1, -0.05) is 23.7 Å². The average molecular weight is 301 g/mol. The van der Waals surface area contributed by atoms with Crippen LogP contribution in [0.1, 0.15) is 0 Å². The average Bonchev–Trinajstić information content (AvgIpc) is 2.99. The second-order valence-corrected chi connectivity index (χ2v) is 4.97. The first-order chi connectivity index (χ1) is 10.2. The molecule has 0 atom stereocenters. The van der Waals surface area contributed by atoms with Crippen molar-refractivity contribution >= 4 is 11.6 Å². The molecule has 1 aromatic heterocycles. The van der Waals surface area contributed by atoms with Crippen LogP contribution >= 0.6 is 11.6 Å². The van der Waals surface area contributed by atoms with Crippen LogP contribution < -0.4 is 4.74 Å². The highest BCUT2D eigenvalue weighted by molar-refractivity contribution is 6.30. The van der Waals surface area contributed by atoms with Crippen LogP contribution in [0.2, 0.25) is 5.02 Å². The van der Waals surface area contributed by atoms with Crippen LogP contribution in [0.4, 0.5) is 0 Å². The number of hydrogen-bond acceptors (Lipinski definition) is 3. The Hall–Kier alpha value is -2.46. The Morgan fingerprint density at radius 1 is 1.10 bits per heavy atom. The molecule has 4 nitrogen and oxygen atoms in total. The van der Waals surface area contributed by atoms with Crippen LogP contribution in [0.25, 0.3) is 22.5 Å². The molecule has 106 valence electrons. The molecule has 0 radical (unpaired) electrons. The van der Waals surface area contributed by atoms with Gasteiger partial charge in [-0.25, -0.2) is 0 Å². The van der Waals surface area contributed by atoms with Gasteiger partial charge in [-0.15, -0.1) is 0 Å². The lowest BCUT2D eigenvalue weighted by atomic mass is 10.1. The minimum absolute atomic E-state index is 0.137. The van der Waals surface area contributed by atoms with Gasteiger partial charge in [0.25, 0.3) is 0 Å². The predicted molar refractivity (Wildman–Crippen MR) is 82.7 cm³/mol. The Kier molecular flexibility index (Phi) is 3.54. The second-order valence-electron chi connectivity index (χ2n) is 4.53. The maximum absolute atomic E-state index is 9.93. The second kappa shape index (κ2) is 5.50. The third kappa shape index (κ3) is 2.58. The van der Waals surface area contributed by atoms with E-state index in [1.165, 1.54) is 0 Å². The summed E-state index contributed by atoms with van der Waals surface area (Å²) in [7, 11) is 1.62. The number of aromatic amines is 1. The monoisotopic (exact) mass is 300 g/mol. The van der Waals surface area contributed by atoms with Gasteiger partial charge in [-0.2, -0.15) is 5.10 Å². The molecule has 3 aromatic rings. The Morgan fingerprint density at radius 2 is 1.90 bits per heavy atom. The summed E-state index contributed by atoms with van der Waals surface area (Å²) >= 11 is 5.97. The summed E-state index contributed by atoms with van der Waals surface area (Å²) < 4.78 is 5.34. The highest BCUT2D eigenvalue weighted by Gasteiger charge is 2.12. The van der Waals surface area contributed by atoms with E-state index in [1.54, 1.807) is 25.3 Å². The number of aromatic nitrogens is 2. The molecule has 0 spiro atoms. The van der Waals surface area contributed by atoms with E-state index in [0.29, 0.717) is 16.3 Å². The molecule has 0 saturated heterocycles. The molecular weight excluding hydrogens is 288 g/mol. The molecule has 0 amide bonds. The van der Waals surface area contributed by atoms with Crippen LogP contribution in [0.5, 0.6) is 11.5 Å². The predicted octanol–water partition coefficient (Wildman–Crippen LogP) is 4.11. The summed E-state index contributed by atoms with van der Waals surface area (Å²) in [5, 5.41) is 17.7. The van der Waals surface area contributed by atoms with Crippen molar-refractivity contribution in [3.63, 3.8) is 0 Å². The number of hydrogen-bond donors (Lipinski definition) is 2. The topological polar surface area (TPSA) is 58.1 Å². The van der Waals surface area contributed by atoms with Gasteiger partial charge < -0.3 is 9.84 Å². The number of aromatic hydroxyl groups is 1. The SMILES string of the molecule is COc1ccccc1-c1cc(-c2cc(Cl)ccc2O)n[nH]1. The van der Waals surface area contributed by atoms with Crippen molar-refractivity contribution in [2.75, 3.05) is 7.11 Å². The molecule has 2 aromatic carbocycles. The van der Waals surface area contributed by atoms with Gasteiger partial charge in [0.2, 0.25) is 0 Å². The van der Waals surface area contributed by atoms with Gasteiger partial charge >= 0.3 is 0 Å². The van der Waals surface area contributed by atoms with E-state index in [9.17, 15) is 5.11 Å². The lowest BCUT2D eigenvalue weighted by molar-refractivity contribution is 0.416. The molecule has 0 unspecified atom stereocenters. The number of rotatable bonds is 3. The van der Waals surface area contributed by atoms with E-state index in [1.807, 2.05) is 30.3 Å². The first kappa shape index (κ1) is 13.5. The summed E-state index contributed by atoms with van der Waals surface area (Å²) in [4.78, 5) is 0. The van der Waals surface area contributed by atoms with Crippen LogP contribution in [0.3, 0.4) is 0 Å². The Labute approximate surface area is 127 Å². The van der Waals surface area contributed by atoms with Crippen molar-refractivity contribution in [3.8, 4) is 34.0 Å². The molecule has 21 heavy (non-hydrogen) atoms. The molecule has 5 heteroatoms. The molecule has 1 heterocycles. The highest BCUT2D eigenvalue weighted by atomic mass is 35.5. The van der Waals surface area contributed by atoms with Crippen molar-refractivity contribution in [1.29, 1.82) is 0 Å². The van der Waals surface area contributed by atoms with Crippen LogP contribution in [0, 0.1) is 0 Å². The Morgan fingerprint density at radius 3 is 2.71 bits per heavy atom. The minimum atomic E-state index is 0.137. The number of ether oxygens (including phenoxy) is 1. The minimum Gasteiger partial charge on any atom is -0.507 e. The van der Waals surface area contributed by atoms with E-state index < -0.39 is 0 Å². The number of methoxy groups -OCH3 is 1. The zero-order valence-electron chi connectivity index (χ0n) is 11.3. The quantitative estimate of drug-likeness (QED) is 0.765. The van der Waals surface area contributed by atoms with Gasteiger partial charge in [0.1, 0.15) is 11.5 Å². The summed E-state index contributed by atoms with van der Waals surface area (Å²) in [6.07, 6.45) is 0. The molecule has 2 N–H and O–H groups in total. The zero-order chi connectivity index (χ0) is 14.8. The summed E-state index contributed by atoms with van der Waals surface area (Å²) in [5.74, 6) is 0.889. The van der Waals surface area contributed by atoms with E-state index in [0.717, 1.165) is 17.0 Å². The molecule has 0 aliphatic heterocycles. The largest absolute Gasteiger partial charge is 0.507 e. The lowest BCUT2D eigenvalue weighted by Gasteiger charge is -2.05. The van der Waals surface area contributed by atoms with Gasteiger partial charge in [0.05, 0.1) is 18.5 Å². The fraction of sp³-hybridized carbons (Fsp3) is 0.0625. The lowest BCUT2D eigenvalue weighted by Crippen LogP contribution is -1.87. The fourth-order valence-electron chi connectivity index (χ4n) is 2.18. The summed E-state index contributed by atoms with van der Waals surface area (Å²) in [6.45, 7) is 0. The first-order valence-corrected chi connectivity index (χ1v) is 6.74. The van der Waals surface area contributed by atoms with Gasteiger partial charge in [-0.05, 0) is 36.4 Å². The smallest absolute Gasteiger partial charge is 0.128 e. The van der Waals surface area contributed by atoms with Crippen molar-refractivity contribution in [3.05, 3.63) is 53.6 Å². The van der Waals surface area contributed by atoms with E-state index >= 15 is 0 Å².